The Labute approximate surface area is 253 Å². The number of quaternary nitrogens is 1. The molecule has 0 spiro atoms. The third-order valence-corrected chi connectivity index (χ3v) is 9.34. The second-order valence-electron chi connectivity index (χ2n) is 14.1. The molecule has 0 radical (unpaired) electrons. The Morgan fingerprint density at radius 1 is 0.500 bits per heavy atom. The third-order valence-electron chi connectivity index (χ3n) is 9.34. The van der Waals surface area contributed by atoms with E-state index in [-0.39, 0.29) is 0 Å². The number of rotatable bonds is 31. The van der Waals surface area contributed by atoms with Crippen molar-refractivity contribution < 1.29 is 9.28 Å². The molecule has 0 saturated carbocycles. The molecule has 1 aliphatic rings. The van der Waals surface area contributed by atoms with Crippen LogP contribution >= 0.6 is 0 Å². The molecule has 0 aromatic heterocycles. The molecule has 1 fully saturated rings. The number of amides is 1. The molecule has 0 atom stereocenters. The predicted molar refractivity (Wildman–Crippen MR) is 178 cm³/mol. The Kier molecular flexibility index (Phi) is 25.5. The minimum Gasteiger partial charge on any atom is -0.311 e. The van der Waals surface area contributed by atoms with Gasteiger partial charge in [0.15, 0.2) is 6.67 Å². The van der Waals surface area contributed by atoms with Crippen LogP contribution in [0.2, 0.25) is 0 Å². The van der Waals surface area contributed by atoms with Crippen molar-refractivity contribution in [2.45, 2.75) is 200 Å². The van der Waals surface area contributed by atoms with E-state index in [1.807, 2.05) is 0 Å². The first-order chi connectivity index (χ1) is 19.5. The molecule has 1 amide bonds. The molecule has 40 heavy (non-hydrogen) atoms. The highest BCUT2D eigenvalue weighted by molar-refractivity contribution is 5.77. The van der Waals surface area contributed by atoms with Crippen LogP contribution in [-0.4, -0.2) is 49.1 Å². The Bertz CT molecular complexity index is 546. The van der Waals surface area contributed by atoms with Gasteiger partial charge in [0.2, 0.25) is 5.91 Å². The largest absolute Gasteiger partial charge is 0.311 e. The van der Waals surface area contributed by atoms with E-state index in [0.29, 0.717) is 5.91 Å². The minimum atomic E-state index is 0.363. The summed E-state index contributed by atoms with van der Waals surface area (Å²) in [7, 11) is 4.57. The summed E-state index contributed by atoms with van der Waals surface area (Å²) in [5.74, 6) is 0.363. The summed E-state index contributed by atoms with van der Waals surface area (Å²) >= 11 is 0. The fourth-order valence-electron chi connectivity index (χ4n) is 6.60. The second kappa shape index (κ2) is 27.3. The van der Waals surface area contributed by atoms with Gasteiger partial charge in [0, 0.05) is 13.0 Å². The van der Waals surface area contributed by atoms with Crippen molar-refractivity contribution in [2.75, 3.05) is 33.9 Å². The molecule has 238 valence electrons. The van der Waals surface area contributed by atoms with E-state index in [2.05, 4.69) is 25.9 Å². The summed E-state index contributed by atoms with van der Waals surface area (Å²) < 4.78 is 0.964. The fraction of sp³-hybridized carbons (Fsp3) is 0.973. The van der Waals surface area contributed by atoms with E-state index in [9.17, 15) is 4.79 Å². The molecule has 3 heteroatoms. The van der Waals surface area contributed by atoms with Gasteiger partial charge in [-0.25, -0.2) is 0 Å². The maximum atomic E-state index is 11.9. The van der Waals surface area contributed by atoms with Gasteiger partial charge in [-0.05, 0) is 19.3 Å². The van der Waals surface area contributed by atoms with E-state index in [1.54, 1.807) is 0 Å². The minimum absolute atomic E-state index is 0.363. The molecular weight excluding hydrogens is 488 g/mol. The van der Waals surface area contributed by atoms with Crippen LogP contribution in [0.3, 0.4) is 0 Å². The molecule has 1 rings (SSSR count). The van der Waals surface area contributed by atoms with Crippen LogP contribution in [0.1, 0.15) is 200 Å². The van der Waals surface area contributed by atoms with Crippen LogP contribution < -0.4 is 0 Å². The van der Waals surface area contributed by atoms with Crippen LogP contribution in [0, 0.1) is 0 Å². The van der Waals surface area contributed by atoms with Gasteiger partial charge in [-0.3, -0.25) is 9.69 Å². The fourth-order valence-corrected chi connectivity index (χ4v) is 6.60. The SMILES string of the molecule is CCCCCCCCCCCCCCCCCCCCCCCCCCCCCC[N+](C)(C)CN1CCCC1=O. The third kappa shape index (κ3) is 24.1. The Morgan fingerprint density at radius 3 is 1.07 bits per heavy atom. The average Bonchev–Trinajstić information content (AvgIpc) is 3.33. The monoisotopic (exact) mass is 564 g/mol. The maximum Gasteiger partial charge on any atom is 0.226 e. The first-order valence-electron chi connectivity index (χ1n) is 18.6. The summed E-state index contributed by atoms with van der Waals surface area (Å²) in [6, 6.07) is 0. The van der Waals surface area contributed by atoms with E-state index in [1.165, 1.54) is 186 Å². The van der Waals surface area contributed by atoms with Gasteiger partial charge >= 0.3 is 0 Å². The molecule has 0 N–H and O–H groups in total. The lowest BCUT2D eigenvalue weighted by molar-refractivity contribution is -0.899. The van der Waals surface area contributed by atoms with Crippen LogP contribution in [0.15, 0.2) is 0 Å². The number of nitrogens with zero attached hydrogens (tertiary/aromatic N) is 2. The average molecular weight is 564 g/mol. The van der Waals surface area contributed by atoms with Gasteiger partial charge in [-0.2, -0.15) is 0 Å². The number of hydrogen-bond acceptors (Lipinski definition) is 1. The quantitative estimate of drug-likeness (QED) is 0.0606. The van der Waals surface area contributed by atoms with Crippen molar-refractivity contribution >= 4 is 5.91 Å². The molecule has 1 aliphatic heterocycles. The van der Waals surface area contributed by atoms with Crippen molar-refractivity contribution in [3.8, 4) is 0 Å². The summed E-state index contributed by atoms with van der Waals surface area (Å²) in [4.78, 5) is 13.9. The lowest BCUT2D eigenvalue weighted by Crippen LogP contribution is -2.49. The highest BCUT2D eigenvalue weighted by atomic mass is 16.2. The standard InChI is InChI=1S/C37H75N2O/c1-4-5-6-7-8-9-10-11-12-13-14-15-16-17-18-19-20-21-22-23-24-25-26-27-28-29-30-31-35-39(2,3)36-38-34-32-33-37(38)40/h4-36H2,1-3H3/q+1. The molecule has 0 unspecified atom stereocenters. The molecule has 0 bridgehead atoms. The zero-order valence-electron chi connectivity index (χ0n) is 28.1. The van der Waals surface area contributed by atoms with Gasteiger partial charge in [0.1, 0.15) is 0 Å². The van der Waals surface area contributed by atoms with Crippen LogP contribution in [0.25, 0.3) is 0 Å². The molecule has 1 saturated heterocycles. The summed E-state index contributed by atoms with van der Waals surface area (Å²) in [6.07, 6.45) is 42.5. The van der Waals surface area contributed by atoms with E-state index in [4.69, 9.17) is 0 Å². The van der Waals surface area contributed by atoms with Crippen molar-refractivity contribution in [1.29, 1.82) is 0 Å². The summed E-state index contributed by atoms with van der Waals surface area (Å²) in [5, 5.41) is 0. The lowest BCUT2D eigenvalue weighted by Gasteiger charge is -2.33. The van der Waals surface area contributed by atoms with Crippen LogP contribution in [-0.2, 0) is 4.79 Å². The Balaban J connectivity index is 1.68. The number of unbranched alkanes of at least 4 members (excludes halogenated alkanes) is 27. The smallest absolute Gasteiger partial charge is 0.226 e. The van der Waals surface area contributed by atoms with Gasteiger partial charge in [0.05, 0.1) is 20.6 Å². The summed E-state index contributed by atoms with van der Waals surface area (Å²) in [6.45, 7) is 5.38. The van der Waals surface area contributed by atoms with Crippen molar-refractivity contribution in [1.82, 2.24) is 4.90 Å². The normalized spacial score (nSPS) is 14.1. The Hall–Kier alpha value is -0.570. The van der Waals surface area contributed by atoms with Gasteiger partial charge < -0.3 is 4.48 Å². The zero-order chi connectivity index (χ0) is 29.0. The molecule has 3 nitrogen and oxygen atoms in total. The number of hydrogen-bond donors (Lipinski definition) is 0. The second-order valence-corrected chi connectivity index (χ2v) is 14.1. The lowest BCUT2D eigenvalue weighted by atomic mass is 10.0. The van der Waals surface area contributed by atoms with E-state index < -0.39 is 0 Å². The molecule has 0 aromatic carbocycles. The van der Waals surface area contributed by atoms with Crippen molar-refractivity contribution in [3.63, 3.8) is 0 Å². The molecule has 0 aliphatic carbocycles. The van der Waals surface area contributed by atoms with Crippen LogP contribution in [0.4, 0.5) is 0 Å². The first-order valence-corrected chi connectivity index (χ1v) is 18.6. The topological polar surface area (TPSA) is 20.3 Å². The number of carbonyl (C=O) groups excluding carboxylic acids is 1. The molecule has 1 heterocycles. The highest BCUT2D eigenvalue weighted by Crippen LogP contribution is 2.17. The zero-order valence-corrected chi connectivity index (χ0v) is 28.1. The van der Waals surface area contributed by atoms with Gasteiger partial charge in [-0.1, -0.05) is 174 Å². The van der Waals surface area contributed by atoms with Gasteiger partial charge in [0.25, 0.3) is 0 Å². The Morgan fingerprint density at radius 2 is 0.800 bits per heavy atom. The van der Waals surface area contributed by atoms with Crippen molar-refractivity contribution in [2.24, 2.45) is 0 Å². The van der Waals surface area contributed by atoms with Crippen LogP contribution in [0.5, 0.6) is 0 Å². The highest BCUT2D eigenvalue weighted by Gasteiger charge is 2.26. The molecule has 0 aromatic rings. The molecular formula is C37H75N2O+. The number of likely N-dealkylation sites (tertiary alicyclic amines) is 1. The predicted octanol–water partition coefficient (Wildman–Crippen LogP) is 11.6. The van der Waals surface area contributed by atoms with E-state index in [0.717, 1.165) is 30.5 Å². The number of carbonyl (C=O) groups is 1. The summed E-state index contributed by atoms with van der Waals surface area (Å²) in [5.41, 5.74) is 0. The van der Waals surface area contributed by atoms with E-state index >= 15 is 0 Å². The first kappa shape index (κ1) is 37.5. The van der Waals surface area contributed by atoms with Crippen molar-refractivity contribution in [3.05, 3.63) is 0 Å². The van der Waals surface area contributed by atoms with Gasteiger partial charge in [-0.15, -0.1) is 0 Å². The maximum absolute atomic E-state index is 11.9.